The van der Waals surface area contributed by atoms with E-state index in [0.717, 1.165) is 22.6 Å². The van der Waals surface area contributed by atoms with Gasteiger partial charge in [-0.25, -0.2) is 9.97 Å². The first-order valence-corrected chi connectivity index (χ1v) is 9.13. The number of hydrogen-bond acceptors (Lipinski definition) is 5. The molecule has 0 aliphatic carbocycles. The molecule has 28 heavy (non-hydrogen) atoms. The molecular formula is C22H24N4O2. The summed E-state index contributed by atoms with van der Waals surface area (Å²) in [5.41, 5.74) is 4.62. The Bertz CT molecular complexity index is 972. The van der Waals surface area contributed by atoms with Crippen LogP contribution in [0.5, 0.6) is 5.75 Å². The summed E-state index contributed by atoms with van der Waals surface area (Å²) in [5.74, 6) is 0.975. The van der Waals surface area contributed by atoms with Crippen molar-refractivity contribution in [2.45, 2.75) is 20.3 Å². The fraction of sp³-hybridized carbons (Fsp3) is 0.227. The molecule has 0 aliphatic rings. The highest BCUT2D eigenvalue weighted by molar-refractivity contribution is 5.92. The molecule has 1 aromatic heterocycles. The van der Waals surface area contributed by atoms with E-state index in [2.05, 4.69) is 26.7 Å². The van der Waals surface area contributed by atoms with Crippen molar-refractivity contribution in [2.24, 2.45) is 0 Å². The van der Waals surface area contributed by atoms with Gasteiger partial charge >= 0.3 is 0 Å². The zero-order valence-corrected chi connectivity index (χ0v) is 16.3. The van der Waals surface area contributed by atoms with Crippen LogP contribution in [0.2, 0.25) is 0 Å². The van der Waals surface area contributed by atoms with Crippen molar-refractivity contribution < 1.29 is 9.53 Å². The van der Waals surface area contributed by atoms with Crippen LogP contribution in [-0.4, -0.2) is 29.5 Å². The van der Waals surface area contributed by atoms with E-state index in [1.54, 1.807) is 19.4 Å². The minimum absolute atomic E-state index is 0.228. The molecule has 6 heteroatoms. The van der Waals surface area contributed by atoms with Crippen LogP contribution in [-0.2, 0) is 6.42 Å². The Balaban J connectivity index is 1.60. The number of rotatable bonds is 7. The number of aryl methyl sites for hydroxylation is 2. The monoisotopic (exact) mass is 376 g/mol. The van der Waals surface area contributed by atoms with E-state index in [1.165, 1.54) is 5.56 Å². The molecule has 3 aromatic rings. The lowest BCUT2D eigenvalue weighted by atomic mass is 10.1. The van der Waals surface area contributed by atoms with Crippen molar-refractivity contribution in [3.05, 3.63) is 77.1 Å². The van der Waals surface area contributed by atoms with Crippen LogP contribution < -0.4 is 15.4 Å². The summed E-state index contributed by atoms with van der Waals surface area (Å²) in [4.78, 5) is 21.0. The van der Waals surface area contributed by atoms with E-state index in [1.807, 2.05) is 50.2 Å². The van der Waals surface area contributed by atoms with Crippen LogP contribution in [0, 0.1) is 13.8 Å². The molecule has 6 nitrogen and oxygen atoms in total. The van der Waals surface area contributed by atoms with E-state index in [0.29, 0.717) is 24.6 Å². The second-order valence-corrected chi connectivity index (χ2v) is 6.57. The summed E-state index contributed by atoms with van der Waals surface area (Å²) in [5, 5.41) is 6.07. The number of aromatic nitrogens is 2. The predicted octanol–water partition coefficient (Wildman–Crippen LogP) is 3.82. The van der Waals surface area contributed by atoms with Crippen molar-refractivity contribution in [1.82, 2.24) is 15.3 Å². The Kier molecular flexibility index (Phi) is 6.22. The van der Waals surface area contributed by atoms with Crippen LogP contribution in [0.4, 0.5) is 11.6 Å². The molecule has 0 saturated carbocycles. The third-order valence-electron chi connectivity index (χ3n) is 4.35. The van der Waals surface area contributed by atoms with Gasteiger partial charge in [0, 0.05) is 18.4 Å². The number of ether oxygens (including phenoxy) is 1. The Morgan fingerprint density at radius 2 is 1.96 bits per heavy atom. The fourth-order valence-corrected chi connectivity index (χ4v) is 2.86. The Morgan fingerprint density at radius 3 is 2.75 bits per heavy atom. The van der Waals surface area contributed by atoms with Gasteiger partial charge in [-0.2, -0.15) is 0 Å². The minimum atomic E-state index is -0.228. The predicted molar refractivity (Wildman–Crippen MR) is 110 cm³/mol. The molecule has 144 valence electrons. The highest BCUT2D eigenvalue weighted by Gasteiger charge is 2.09. The van der Waals surface area contributed by atoms with E-state index in [-0.39, 0.29) is 5.91 Å². The van der Waals surface area contributed by atoms with Crippen molar-refractivity contribution in [3.8, 4) is 5.75 Å². The number of benzene rings is 2. The number of nitrogens with one attached hydrogen (secondary N) is 2. The van der Waals surface area contributed by atoms with Crippen molar-refractivity contribution >= 4 is 17.5 Å². The van der Waals surface area contributed by atoms with Gasteiger partial charge < -0.3 is 15.4 Å². The van der Waals surface area contributed by atoms with Gasteiger partial charge in [-0.15, -0.1) is 0 Å². The van der Waals surface area contributed by atoms with E-state index >= 15 is 0 Å². The van der Waals surface area contributed by atoms with Gasteiger partial charge in [-0.3, -0.25) is 4.79 Å². The molecule has 0 aliphatic heterocycles. The summed E-state index contributed by atoms with van der Waals surface area (Å²) < 4.78 is 5.22. The van der Waals surface area contributed by atoms with Crippen LogP contribution in [0.25, 0.3) is 0 Å². The molecule has 2 N–H and O–H groups in total. The molecule has 0 unspecified atom stereocenters. The van der Waals surface area contributed by atoms with E-state index in [4.69, 9.17) is 4.74 Å². The van der Waals surface area contributed by atoms with Gasteiger partial charge in [-0.1, -0.05) is 29.8 Å². The van der Waals surface area contributed by atoms with Gasteiger partial charge in [-0.05, 0) is 55.7 Å². The SMILES string of the molecule is COc1cccc(CCNC(=O)c2ccnc(Nc3ccc(C)cc3C)n2)c1. The van der Waals surface area contributed by atoms with E-state index < -0.39 is 0 Å². The lowest BCUT2D eigenvalue weighted by Crippen LogP contribution is -2.26. The molecule has 0 atom stereocenters. The third-order valence-corrected chi connectivity index (χ3v) is 4.35. The zero-order chi connectivity index (χ0) is 19.9. The van der Waals surface area contributed by atoms with Gasteiger partial charge in [0.25, 0.3) is 5.91 Å². The van der Waals surface area contributed by atoms with Crippen molar-refractivity contribution in [2.75, 3.05) is 19.0 Å². The number of methoxy groups -OCH3 is 1. The number of carbonyl (C=O) groups excluding carboxylic acids is 1. The van der Waals surface area contributed by atoms with Gasteiger partial charge in [0.1, 0.15) is 11.4 Å². The van der Waals surface area contributed by atoms with Crippen molar-refractivity contribution in [1.29, 1.82) is 0 Å². The van der Waals surface area contributed by atoms with Crippen molar-refractivity contribution in [3.63, 3.8) is 0 Å². The van der Waals surface area contributed by atoms with Gasteiger partial charge in [0.15, 0.2) is 0 Å². The summed E-state index contributed by atoms with van der Waals surface area (Å²) in [6, 6.07) is 15.5. The largest absolute Gasteiger partial charge is 0.497 e. The Labute approximate surface area is 165 Å². The maximum absolute atomic E-state index is 12.4. The average Bonchev–Trinajstić information content (AvgIpc) is 2.70. The first-order valence-electron chi connectivity index (χ1n) is 9.13. The highest BCUT2D eigenvalue weighted by atomic mass is 16.5. The van der Waals surface area contributed by atoms with E-state index in [9.17, 15) is 4.79 Å². The standard InChI is InChI=1S/C22H24N4O2/c1-15-7-8-19(16(2)13-15)25-22-24-12-10-20(26-22)21(27)23-11-9-17-5-4-6-18(14-17)28-3/h4-8,10,12-14H,9,11H2,1-3H3,(H,23,27)(H,24,25,26). The summed E-state index contributed by atoms with van der Waals surface area (Å²) in [7, 11) is 1.64. The molecule has 0 bridgehead atoms. The summed E-state index contributed by atoms with van der Waals surface area (Å²) in [6.07, 6.45) is 2.29. The summed E-state index contributed by atoms with van der Waals surface area (Å²) >= 11 is 0. The number of anilines is 2. The normalized spacial score (nSPS) is 10.4. The second-order valence-electron chi connectivity index (χ2n) is 6.57. The zero-order valence-electron chi connectivity index (χ0n) is 16.3. The quantitative estimate of drug-likeness (QED) is 0.656. The first kappa shape index (κ1) is 19.4. The summed E-state index contributed by atoms with van der Waals surface area (Å²) in [6.45, 7) is 4.57. The fourth-order valence-electron chi connectivity index (χ4n) is 2.86. The highest BCUT2D eigenvalue weighted by Crippen LogP contribution is 2.19. The lowest BCUT2D eigenvalue weighted by Gasteiger charge is -2.10. The topological polar surface area (TPSA) is 76.1 Å². The molecule has 1 heterocycles. The van der Waals surface area contributed by atoms with Crippen LogP contribution >= 0.6 is 0 Å². The van der Waals surface area contributed by atoms with Gasteiger partial charge in [0.2, 0.25) is 5.95 Å². The molecule has 0 radical (unpaired) electrons. The van der Waals surface area contributed by atoms with Gasteiger partial charge in [0.05, 0.1) is 7.11 Å². The Hall–Kier alpha value is -3.41. The van der Waals surface area contributed by atoms with Crippen LogP contribution in [0.1, 0.15) is 27.2 Å². The Morgan fingerprint density at radius 1 is 1.11 bits per heavy atom. The lowest BCUT2D eigenvalue weighted by molar-refractivity contribution is 0.0949. The minimum Gasteiger partial charge on any atom is -0.497 e. The molecule has 0 fully saturated rings. The number of nitrogens with zero attached hydrogens (tertiary/aromatic N) is 2. The maximum atomic E-state index is 12.4. The molecule has 1 amide bonds. The number of amides is 1. The second kappa shape index (κ2) is 8.99. The smallest absolute Gasteiger partial charge is 0.270 e. The first-order chi connectivity index (χ1) is 13.5. The van der Waals surface area contributed by atoms with Crippen LogP contribution in [0.3, 0.4) is 0 Å². The number of hydrogen-bond donors (Lipinski definition) is 2. The molecule has 2 aromatic carbocycles. The third kappa shape index (κ3) is 5.07. The molecular weight excluding hydrogens is 352 g/mol. The average molecular weight is 376 g/mol. The molecule has 0 spiro atoms. The molecule has 3 rings (SSSR count). The molecule has 0 saturated heterocycles. The maximum Gasteiger partial charge on any atom is 0.270 e. The number of carbonyl (C=O) groups is 1. The van der Waals surface area contributed by atoms with Crippen LogP contribution in [0.15, 0.2) is 54.7 Å².